The molecular formula is C12H19N2O3+. The van der Waals surface area contributed by atoms with Gasteiger partial charge in [0.1, 0.15) is 11.3 Å². The van der Waals surface area contributed by atoms with Crippen LogP contribution in [0.4, 0.5) is 10.5 Å². The highest BCUT2D eigenvalue weighted by Gasteiger charge is 2.22. The smallest absolute Gasteiger partial charge is 0.414 e. The van der Waals surface area contributed by atoms with E-state index < -0.39 is 11.7 Å². The summed E-state index contributed by atoms with van der Waals surface area (Å²) < 4.78 is 6.15. The van der Waals surface area contributed by atoms with Crippen molar-refractivity contribution in [3.05, 3.63) is 24.0 Å². The maximum atomic E-state index is 11.8. The number of anilines is 1. The molecule has 0 radical (unpaired) electrons. The summed E-state index contributed by atoms with van der Waals surface area (Å²) in [4.78, 5) is 13.1. The van der Waals surface area contributed by atoms with E-state index in [-0.39, 0.29) is 0 Å². The third-order valence-electron chi connectivity index (χ3n) is 2.03. The fraction of sp³-hybridized carbons (Fsp3) is 0.500. The Hall–Kier alpha value is -1.78. The van der Waals surface area contributed by atoms with Gasteiger partial charge in [0.15, 0.2) is 0 Å². The van der Waals surface area contributed by atoms with E-state index in [1.165, 1.54) is 11.1 Å². The molecule has 0 aliphatic heterocycles. The summed E-state index contributed by atoms with van der Waals surface area (Å²) in [6.45, 7) is 7.25. The van der Waals surface area contributed by atoms with Crippen LogP contribution in [0.15, 0.2) is 18.5 Å². The van der Waals surface area contributed by atoms with E-state index in [1.54, 1.807) is 40.1 Å². The Morgan fingerprint density at radius 3 is 2.47 bits per heavy atom. The Balaban J connectivity index is 2.89. The standard InChI is InChI=1S/C12H19N2O3/c1-9-6-10(8-14(16)7-9)13(5)11(15)17-12(2,3)4/h6-8,16H,1-5H3/q+1. The summed E-state index contributed by atoms with van der Waals surface area (Å²) in [6, 6.07) is 1.79. The van der Waals surface area contributed by atoms with Crippen LogP contribution < -0.4 is 9.63 Å². The first kappa shape index (κ1) is 13.3. The Labute approximate surface area is 101 Å². The zero-order chi connectivity index (χ0) is 13.2. The molecule has 94 valence electrons. The number of aromatic nitrogens is 1. The molecule has 1 rings (SSSR count). The number of hydrogen-bond donors (Lipinski definition) is 1. The SMILES string of the molecule is Cc1cc(N(C)C(=O)OC(C)(C)C)c[n+](O)c1. The van der Waals surface area contributed by atoms with Gasteiger partial charge < -0.3 is 4.74 Å². The molecule has 0 saturated heterocycles. The van der Waals surface area contributed by atoms with Crippen LogP contribution in [0.25, 0.3) is 0 Å². The van der Waals surface area contributed by atoms with E-state index in [0.717, 1.165) is 10.3 Å². The number of carbonyl (C=O) groups excluding carboxylic acids is 1. The molecule has 0 saturated carbocycles. The monoisotopic (exact) mass is 239 g/mol. The minimum atomic E-state index is -0.537. The van der Waals surface area contributed by atoms with E-state index in [1.807, 2.05) is 6.92 Å². The average molecular weight is 239 g/mol. The number of aryl methyl sites for hydroxylation is 1. The first-order valence-electron chi connectivity index (χ1n) is 5.38. The van der Waals surface area contributed by atoms with Gasteiger partial charge >= 0.3 is 6.09 Å². The highest BCUT2D eigenvalue weighted by atomic mass is 16.6. The number of rotatable bonds is 1. The summed E-state index contributed by atoms with van der Waals surface area (Å²) in [5.74, 6) is 0. The van der Waals surface area contributed by atoms with Gasteiger partial charge in [-0.2, -0.15) is 0 Å². The molecular weight excluding hydrogens is 220 g/mol. The van der Waals surface area contributed by atoms with Crippen molar-refractivity contribution in [3.8, 4) is 0 Å². The molecule has 0 unspecified atom stereocenters. The molecule has 1 amide bonds. The topological polar surface area (TPSA) is 53.7 Å². The lowest BCUT2D eigenvalue weighted by Gasteiger charge is -2.23. The van der Waals surface area contributed by atoms with Crippen molar-refractivity contribution in [2.45, 2.75) is 33.3 Å². The highest BCUT2D eigenvalue weighted by molar-refractivity contribution is 5.86. The van der Waals surface area contributed by atoms with Gasteiger partial charge in [-0.15, -0.1) is 0 Å². The number of amides is 1. The van der Waals surface area contributed by atoms with Gasteiger partial charge in [-0.25, -0.2) is 4.79 Å². The zero-order valence-electron chi connectivity index (χ0n) is 10.9. The molecule has 0 aliphatic carbocycles. The molecule has 0 atom stereocenters. The molecule has 0 spiro atoms. The van der Waals surface area contributed by atoms with Crippen LogP contribution in [0.5, 0.6) is 0 Å². The zero-order valence-corrected chi connectivity index (χ0v) is 10.9. The van der Waals surface area contributed by atoms with Crippen molar-refractivity contribution in [2.24, 2.45) is 0 Å². The fourth-order valence-electron chi connectivity index (χ4n) is 1.31. The minimum Gasteiger partial charge on any atom is -0.443 e. The summed E-state index contributed by atoms with van der Waals surface area (Å²) in [5.41, 5.74) is 0.881. The highest BCUT2D eigenvalue weighted by Crippen LogP contribution is 2.15. The van der Waals surface area contributed by atoms with Gasteiger partial charge in [0.2, 0.25) is 12.4 Å². The molecule has 1 N–H and O–H groups in total. The molecule has 0 fully saturated rings. The van der Waals surface area contributed by atoms with E-state index in [4.69, 9.17) is 4.74 Å². The molecule has 1 aromatic rings. The van der Waals surface area contributed by atoms with Crippen molar-refractivity contribution in [1.29, 1.82) is 0 Å². The average Bonchev–Trinajstić information content (AvgIpc) is 2.12. The summed E-state index contributed by atoms with van der Waals surface area (Å²) >= 11 is 0. The Morgan fingerprint density at radius 1 is 1.41 bits per heavy atom. The Morgan fingerprint density at radius 2 is 2.00 bits per heavy atom. The van der Waals surface area contributed by atoms with E-state index in [2.05, 4.69) is 0 Å². The molecule has 5 heteroatoms. The van der Waals surface area contributed by atoms with Crippen LogP contribution in [0, 0.1) is 6.92 Å². The molecule has 0 bridgehead atoms. The van der Waals surface area contributed by atoms with Crippen LogP contribution in [0.1, 0.15) is 26.3 Å². The van der Waals surface area contributed by atoms with Gasteiger partial charge in [-0.1, -0.05) is 0 Å². The largest absolute Gasteiger partial charge is 0.443 e. The van der Waals surface area contributed by atoms with Crippen LogP contribution in [-0.4, -0.2) is 23.9 Å². The molecule has 1 aromatic heterocycles. The maximum Gasteiger partial charge on any atom is 0.414 e. The van der Waals surface area contributed by atoms with Crippen molar-refractivity contribution >= 4 is 11.8 Å². The van der Waals surface area contributed by atoms with Crippen molar-refractivity contribution in [1.82, 2.24) is 0 Å². The molecule has 5 nitrogen and oxygen atoms in total. The summed E-state index contributed by atoms with van der Waals surface area (Å²) in [6.07, 6.45) is 2.53. The van der Waals surface area contributed by atoms with Gasteiger partial charge in [0.05, 0.1) is 0 Å². The number of hydrogen-bond acceptors (Lipinski definition) is 3. The molecule has 17 heavy (non-hydrogen) atoms. The Bertz CT molecular complexity index is 404. The Kier molecular flexibility index (Phi) is 3.60. The van der Waals surface area contributed by atoms with Crippen LogP contribution in [0.3, 0.4) is 0 Å². The lowest BCUT2D eigenvalue weighted by molar-refractivity contribution is -0.904. The number of carbonyl (C=O) groups is 1. The van der Waals surface area contributed by atoms with Gasteiger partial charge in [-0.3, -0.25) is 10.1 Å². The number of ether oxygens (including phenoxy) is 1. The maximum absolute atomic E-state index is 11.8. The van der Waals surface area contributed by atoms with Gasteiger partial charge in [-0.05, 0) is 33.8 Å². The third-order valence-corrected chi connectivity index (χ3v) is 2.03. The fourth-order valence-corrected chi connectivity index (χ4v) is 1.31. The van der Waals surface area contributed by atoms with E-state index in [0.29, 0.717) is 5.69 Å². The quantitative estimate of drug-likeness (QED) is 0.601. The predicted octanol–water partition coefficient (Wildman–Crippen LogP) is 1.89. The lowest BCUT2D eigenvalue weighted by atomic mass is 10.2. The van der Waals surface area contributed by atoms with Crippen molar-refractivity contribution < 1.29 is 19.5 Å². The van der Waals surface area contributed by atoms with E-state index in [9.17, 15) is 10.0 Å². The lowest BCUT2D eigenvalue weighted by Crippen LogP contribution is -2.37. The number of pyridine rings is 1. The number of nitrogens with zero attached hydrogens (tertiary/aromatic N) is 2. The third kappa shape index (κ3) is 3.94. The summed E-state index contributed by atoms with van der Waals surface area (Å²) in [5, 5.41) is 9.40. The first-order valence-corrected chi connectivity index (χ1v) is 5.38. The van der Waals surface area contributed by atoms with E-state index >= 15 is 0 Å². The second-order valence-corrected chi connectivity index (χ2v) is 4.99. The minimum absolute atomic E-state index is 0.455. The second kappa shape index (κ2) is 4.61. The first-order chi connectivity index (χ1) is 7.69. The summed E-state index contributed by atoms with van der Waals surface area (Å²) in [7, 11) is 1.60. The predicted molar refractivity (Wildman–Crippen MR) is 63.2 cm³/mol. The second-order valence-electron chi connectivity index (χ2n) is 4.99. The van der Waals surface area contributed by atoms with Crippen LogP contribution >= 0.6 is 0 Å². The molecule has 0 aliphatic rings. The normalized spacial score (nSPS) is 11.1. The van der Waals surface area contributed by atoms with Crippen LogP contribution in [0.2, 0.25) is 0 Å². The van der Waals surface area contributed by atoms with Crippen LogP contribution in [-0.2, 0) is 4.74 Å². The van der Waals surface area contributed by atoms with Crippen molar-refractivity contribution in [3.63, 3.8) is 0 Å². The molecule has 1 heterocycles. The van der Waals surface area contributed by atoms with Gasteiger partial charge in [0.25, 0.3) is 0 Å². The van der Waals surface area contributed by atoms with Gasteiger partial charge in [0, 0.05) is 17.3 Å². The molecule has 0 aromatic carbocycles. The van der Waals surface area contributed by atoms with Crippen molar-refractivity contribution in [2.75, 3.05) is 11.9 Å².